The maximum Gasteiger partial charge on any atom is 0.225 e. The fraction of sp³-hybridized carbons (Fsp3) is 0.650. The lowest BCUT2D eigenvalue weighted by Gasteiger charge is -2.40. The molecule has 2 fully saturated rings. The van der Waals surface area contributed by atoms with E-state index in [0.717, 1.165) is 44.0 Å². The molecule has 0 aromatic rings. The third-order valence-corrected chi connectivity index (χ3v) is 4.69. The molecule has 1 N–H and O–H groups in total. The van der Waals surface area contributed by atoms with Crippen LogP contribution in [0.2, 0.25) is 0 Å². The van der Waals surface area contributed by atoms with Gasteiger partial charge in [-0.25, -0.2) is 0 Å². The van der Waals surface area contributed by atoms with Gasteiger partial charge in [0.05, 0.1) is 0 Å². The van der Waals surface area contributed by atoms with Crippen LogP contribution in [-0.4, -0.2) is 50.2 Å². The van der Waals surface area contributed by atoms with Crippen molar-refractivity contribution in [2.24, 2.45) is 5.41 Å². The second kappa shape index (κ2) is 10.3. The Morgan fingerprint density at radius 1 is 1.36 bits per heavy atom. The molecule has 1 atom stereocenters. The zero-order valence-corrected chi connectivity index (χ0v) is 16.4. The fourth-order valence-corrected chi connectivity index (χ4v) is 3.12. The summed E-state index contributed by atoms with van der Waals surface area (Å²) in [6, 6.07) is 0. The predicted molar refractivity (Wildman–Crippen MR) is 102 cm³/mol. The van der Waals surface area contributed by atoms with Gasteiger partial charge in [0.2, 0.25) is 5.91 Å². The Morgan fingerprint density at radius 3 is 2.52 bits per heavy atom. The molecule has 142 valence electrons. The predicted octanol–water partition coefficient (Wildman–Crippen LogP) is 3.25. The van der Waals surface area contributed by atoms with Crippen LogP contribution < -0.4 is 5.32 Å². The lowest BCUT2D eigenvalue weighted by atomic mass is 9.79. The first-order chi connectivity index (χ1) is 12.0. The van der Waals surface area contributed by atoms with Gasteiger partial charge < -0.3 is 14.8 Å². The first kappa shape index (κ1) is 21.3. The van der Waals surface area contributed by atoms with Crippen molar-refractivity contribution in [1.82, 2.24) is 10.2 Å². The Labute approximate surface area is 152 Å². The number of rotatable bonds is 4. The van der Waals surface area contributed by atoms with E-state index in [0.29, 0.717) is 6.61 Å². The van der Waals surface area contributed by atoms with E-state index >= 15 is 0 Å². The van der Waals surface area contributed by atoms with Crippen LogP contribution in [0, 0.1) is 5.41 Å². The van der Waals surface area contributed by atoms with E-state index in [2.05, 4.69) is 16.8 Å². The fourth-order valence-electron chi connectivity index (χ4n) is 3.12. The summed E-state index contributed by atoms with van der Waals surface area (Å²) in [6.07, 6.45) is 7.20. The number of carbonyl (C=O) groups is 1. The maximum atomic E-state index is 12.0. The molecule has 5 heteroatoms. The average Bonchev–Trinajstić information content (AvgIpc) is 2.65. The van der Waals surface area contributed by atoms with Crippen molar-refractivity contribution in [1.29, 1.82) is 0 Å². The molecule has 0 spiro atoms. The van der Waals surface area contributed by atoms with Crippen molar-refractivity contribution in [3.05, 3.63) is 36.3 Å². The largest absolute Gasteiger partial charge is 0.486 e. The lowest BCUT2D eigenvalue weighted by Crippen LogP contribution is -2.49. The SMILES string of the molecule is C=C/C=C1/OC(CN2CCC(C)(C(=O)NC)CC2)CO/C1=C/C.CC. The van der Waals surface area contributed by atoms with Gasteiger partial charge >= 0.3 is 0 Å². The monoisotopic (exact) mass is 350 g/mol. The third kappa shape index (κ3) is 5.63. The zero-order chi connectivity index (χ0) is 18.9. The minimum absolute atomic E-state index is 0.00857. The Balaban J connectivity index is 0.00000151. The molecule has 5 nitrogen and oxygen atoms in total. The number of allylic oxidation sites excluding steroid dienone is 3. The molecular formula is C20H34N2O3. The highest BCUT2D eigenvalue weighted by atomic mass is 16.6. The number of nitrogens with zero attached hydrogens (tertiary/aromatic N) is 1. The van der Waals surface area contributed by atoms with Gasteiger partial charge in [-0.1, -0.05) is 33.4 Å². The van der Waals surface area contributed by atoms with Crippen molar-refractivity contribution in [2.45, 2.75) is 46.6 Å². The highest BCUT2D eigenvalue weighted by molar-refractivity contribution is 5.82. The van der Waals surface area contributed by atoms with Gasteiger partial charge in [-0.15, -0.1) is 0 Å². The molecule has 2 heterocycles. The molecule has 1 unspecified atom stereocenters. The zero-order valence-electron chi connectivity index (χ0n) is 16.4. The standard InChI is InChI=1S/C18H28N2O3.C2H6/c1-5-7-16-15(6-2)22-13-14(23-16)12-20-10-8-18(3,9-11-20)17(21)19-4;1-2/h5-7,14H,1,8-13H2,2-4H3,(H,19,21);1-2H3/b15-6+,16-7+;. The molecule has 2 saturated heterocycles. The van der Waals surface area contributed by atoms with Gasteiger partial charge in [-0.05, 0) is 45.0 Å². The number of ether oxygens (including phenoxy) is 2. The van der Waals surface area contributed by atoms with Gasteiger partial charge in [0.25, 0.3) is 0 Å². The molecule has 0 aromatic carbocycles. The molecule has 0 aromatic heterocycles. The van der Waals surface area contributed by atoms with Crippen LogP contribution in [0.4, 0.5) is 0 Å². The van der Waals surface area contributed by atoms with Gasteiger partial charge in [-0.2, -0.15) is 0 Å². The van der Waals surface area contributed by atoms with Gasteiger partial charge in [0.1, 0.15) is 12.7 Å². The highest BCUT2D eigenvalue weighted by Gasteiger charge is 2.37. The lowest BCUT2D eigenvalue weighted by molar-refractivity contribution is -0.132. The summed E-state index contributed by atoms with van der Waals surface area (Å²) in [5.74, 6) is 1.65. The van der Waals surface area contributed by atoms with Crippen molar-refractivity contribution in [2.75, 3.05) is 33.3 Å². The topological polar surface area (TPSA) is 50.8 Å². The Bertz CT molecular complexity index is 503. The smallest absolute Gasteiger partial charge is 0.225 e. The number of amides is 1. The Hall–Kier alpha value is -1.75. The number of hydrogen-bond donors (Lipinski definition) is 1. The third-order valence-electron chi connectivity index (χ3n) is 4.69. The second-order valence-electron chi connectivity index (χ2n) is 6.41. The second-order valence-corrected chi connectivity index (χ2v) is 6.41. The minimum Gasteiger partial charge on any atom is -0.486 e. The van der Waals surface area contributed by atoms with Gasteiger partial charge in [-0.3, -0.25) is 9.69 Å². The minimum atomic E-state index is -0.249. The van der Waals surface area contributed by atoms with E-state index in [9.17, 15) is 4.79 Å². The van der Waals surface area contributed by atoms with Gasteiger partial charge in [0.15, 0.2) is 11.5 Å². The number of likely N-dealkylation sites (tertiary alicyclic amines) is 1. The van der Waals surface area contributed by atoms with Crippen LogP contribution in [0.1, 0.15) is 40.5 Å². The maximum absolute atomic E-state index is 12.0. The normalized spacial score (nSPS) is 26.0. The van der Waals surface area contributed by atoms with Crippen LogP contribution in [0.15, 0.2) is 36.3 Å². The molecular weight excluding hydrogens is 316 g/mol. The van der Waals surface area contributed by atoms with Crippen LogP contribution in [-0.2, 0) is 14.3 Å². The number of nitrogens with one attached hydrogen (secondary N) is 1. The van der Waals surface area contributed by atoms with Crippen LogP contribution >= 0.6 is 0 Å². The molecule has 1 amide bonds. The molecule has 0 saturated carbocycles. The quantitative estimate of drug-likeness (QED) is 0.846. The highest BCUT2D eigenvalue weighted by Crippen LogP contribution is 2.31. The molecule has 0 aliphatic carbocycles. The Morgan fingerprint density at radius 2 is 2.00 bits per heavy atom. The van der Waals surface area contributed by atoms with Crippen LogP contribution in [0.25, 0.3) is 0 Å². The van der Waals surface area contributed by atoms with E-state index in [1.54, 1.807) is 13.1 Å². The van der Waals surface area contributed by atoms with Gasteiger partial charge in [0, 0.05) is 19.0 Å². The first-order valence-corrected chi connectivity index (χ1v) is 9.26. The van der Waals surface area contributed by atoms with Crippen molar-refractivity contribution in [3.8, 4) is 0 Å². The number of hydrogen-bond acceptors (Lipinski definition) is 4. The van der Waals surface area contributed by atoms with E-state index in [1.165, 1.54) is 0 Å². The number of carbonyl (C=O) groups excluding carboxylic acids is 1. The summed E-state index contributed by atoms with van der Waals surface area (Å²) < 4.78 is 11.8. The van der Waals surface area contributed by atoms with E-state index in [1.807, 2.05) is 39.8 Å². The molecule has 2 aliphatic rings. The summed E-state index contributed by atoms with van der Waals surface area (Å²) >= 11 is 0. The molecule has 0 bridgehead atoms. The van der Waals surface area contributed by atoms with E-state index in [-0.39, 0.29) is 17.4 Å². The van der Waals surface area contributed by atoms with Crippen LogP contribution in [0.5, 0.6) is 0 Å². The van der Waals surface area contributed by atoms with E-state index in [4.69, 9.17) is 9.47 Å². The van der Waals surface area contributed by atoms with E-state index < -0.39 is 0 Å². The molecule has 25 heavy (non-hydrogen) atoms. The molecule has 0 radical (unpaired) electrons. The summed E-state index contributed by atoms with van der Waals surface area (Å²) in [5.41, 5.74) is -0.249. The summed E-state index contributed by atoms with van der Waals surface area (Å²) in [5, 5.41) is 2.78. The summed E-state index contributed by atoms with van der Waals surface area (Å²) in [7, 11) is 1.71. The Kier molecular flexibility index (Phi) is 8.76. The number of piperidine rings is 1. The molecule has 2 rings (SSSR count). The van der Waals surface area contributed by atoms with Crippen molar-refractivity contribution >= 4 is 5.91 Å². The van der Waals surface area contributed by atoms with Crippen molar-refractivity contribution in [3.63, 3.8) is 0 Å². The molecule has 2 aliphatic heterocycles. The summed E-state index contributed by atoms with van der Waals surface area (Å²) in [6.45, 7) is 14.9. The first-order valence-electron chi connectivity index (χ1n) is 9.26. The summed E-state index contributed by atoms with van der Waals surface area (Å²) in [4.78, 5) is 14.3. The van der Waals surface area contributed by atoms with Crippen molar-refractivity contribution < 1.29 is 14.3 Å². The average molecular weight is 351 g/mol. The van der Waals surface area contributed by atoms with Crippen LogP contribution in [0.3, 0.4) is 0 Å².